The lowest BCUT2D eigenvalue weighted by atomic mass is 9.89. The highest BCUT2D eigenvalue weighted by atomic mass is 32.2. The first-order valence-electron chi connectivity index (χ1n) is 10.3. The second-order valence-electron chi connectivity index (χ2n) is 7.92. The first kappa shape index (κ1) is 22.0. The molecule has 0 radical (unpaired) electrons. The average molecular weight is 417 g/mol. The smallest absolute Gasteiger partial charge is 0.120 e. The molecule has 4 atom stereocenters. The van der Waals surface area contributed by atoms with E-state index in [1.807, 2.05) is 32.0 Å². The lowest BCUT2D eigenvalue weighted by molar-refractivity contribution is 0.0929. The third kappa shape index (κ3) is 5.27. The summed E-state index contributed by atoms with van der Waals surface area (Å²) in [5.41, 5.74) is 4.47. The van der Waals surface area contributed by atoms with Crippen LogP contribution in [0.4, 0.5) is 0 Å². The van der Waals surface area contributed by atoms with Gasteiger partial charge in [0.1, 0.15) is 11.5 Å². The molecule has 2 aromatic carbocycles. The average Bonchev–Trinajstić information content (AvgIpc) is 2.68. The van der Waals surface area contributed by atoms with Crippen molar-refractivity contribution < 1.29 is 19.7 Å². The molecular formula is C24H32O4S. The van der Waals surface area contributed by atoms with Gasteiger partial charge in [0.25, 0.3) is 0 Å². The molecule has 4 nitrogen and oxygen atoms in total. The molecule has 2 N–H and O–H groups in total. The van der Waals surface area contributed by atoms with Gasteiger partial charge in [0.15, 0.2) is 0 Å². The summed E-state index contributed by atoms with van der Waals surface area (Å²) in [6.45, 7) is 7.35. The Morgan fingerprint density at radius 3 is 2.55 bits per heavy atom. The largest absolute Gasteiger partial charge is 0.508 e. The number of benzene rings is 2. The third-order valence-corrected chi connectivity index (χ3v) is 7.44. The number of rotatable bonds is 7. The normalized spacial score (nSPS) is 24.4. The van der Waals surface area contributed by atoms with Gasteiger partial charge < -0.3 is 19.7 Å². The number of phenolic OH excluding ortho intramolecular Hbond substituents is 1. The molecule has 1 saturated heterocycles. The summed E-state index contributed by atoms with van der Waals surface area (Å²) in [6.07, 6.45) is 1.15. The van der Waals surface area contributed by atoms with E-state index in [1.165, 1.54) is 11.1 Å². The van der Waals surface area contributed by atoms with E-state index in [1.54, 1.807) is 18.9 Å². The van der Waals surface area contributed by atoms with Gasteiger partial charge in [-0.05, 0) is 67.5 Å². The third-order valence-electron chi connectivity index (χ3n) is 5.63. The Morgan fingerprint density at radius 2 is 1.90 bits per heavy atom. The standard InChI is InChI=1S/C24H32O4S/c1-5-28-19-8-6-17(7-9-19)12-18-13-20(21(25)10-15(18)2)24-16(3)11-22(26)23(29-24)14-27-4/h6-10,13,16,22-26H,5,11-12,14H2,1-4H3. The molecule has 0 spiro atoms. The number of thioether (sulfide) groups is 1. The van der Waals surface area contributed by atoms with Gasteiger partial charge in [-0.1, -0.05) is 25.1 Å². The molecule has 1 aliphatic heterocycles. The van der Waals surface area contributed by atoms with Crippen molar-refractivity contribution in [3.8, 4) is 11.5 Å². The van der Waals surface area contributed by atoms with Crippen molar-refractivity contribution in [1.82, 2.24) is 0 Å². The summed E-state index contributed by atoms with van der Waals surface area (Å²) in [6, 6.07) is 12.2. The van der Waals surface area contributed by atoms with Gasteiger partial charge in [0.2, 0.25) is 0 Å². The number of aliphatic hydroxyl groups is 1. The summed E-state index contributed by atoms with van der Waals surface area (Å²) in [7, 11) is 1.67. The first-order chi connectivity index (χ1) is 13.9. The summed E-state index contributed by atoms with van der Waals surface area (Å²) in [5, 5.41) is 21.3. The molecule has 3 rings (SSSR count). The van der Waals surface area contributed by atoms with Crippen LogP contribution in [-0.2, 0) is 11.2 Å². The maximum Gasteiger partial charge on any atom is 0.120 e. The molecule has 1 aliphatic rings. The fourth-order valence-corrected chi connectivity index (χ4v) is 5.63. The lowest BCUT2D eigenvalue weighted by Crippen LogP contribution is -2.36. The predicted octanol–water partition coefficient (Wildman–Crippen LogP) is 4.88. The van der Waals surface area contributed by atoms with Crippen molar-refractivity contribution in [3.63, 3.8) is 0 Å². The molecule has 5 heteroatoms. The molecule has 29 heavy (non-hydrogen) atoms. The number of hydrogen-bond donors (Lipinski definition) is 2. The minimum absolute atomic E-state index is 0.0245. The number of aromatic hydroxyl groups is 1. The molecule has 2 aromatic rings. The number of aryl methyl sites for hydroxylation is 1. The van der Waals surface area contributed by atoms with Crippen molar-refractivity contribution in [3.05, 3.63) is 58.7 Å². The van der Waals surface area contributed by atoms with E-state index in [9.17, 15) is 10.2 Å². The van der Waals surface area contributed by atoms with Gasteiger partial charge in [0, 0.05) is 17.9 Å². The molecule has 0 bridgehead atoms. The quantitative estimate of drug-likeness (QED) is 0.674. The number of aliphatic hydroxyl groups excluding tert-OH is 1. The van der Waals surface area contributed by atoms with Crippen LogP contribution in [0.15, 0.2) is 36.4 Å². The van der Waals surface area contributed by atoms with E-state index < -0.39 is 0 Å². The molecule has 1 fully saturated rings. The molecule has 0 aliphatic carbocycles. The van der Waals surface area contributed by atoms with Crippen molar-refractivity contribution in [1.29, 1.82) is 0 Å². The number of methoxy groups -OCH3 is 1. The van der Waals surface area contributed by atoms with Gasteiger partial charge in [-0.2, -0.15) is 0 Å². The predicted molar refractivity (Wildman–Crippen MR) is 119 cm³/mol. The van der Waals surface area contributed by atoms with Crippen LogP contribution in [0.3, 0.4) is 0 Å². The van der Waals surface area contributed by atoms with Gasteiger partial charge in [-0.3, -0.25) is 0 Å². The van der Waals surface area contributed by atoms with Crippen molar-refractivity contribution in [2.45, 2.75) is 50.2 Å². The van der Waals surface area contributed by atoms with Crippen LogP contribution in [-0.4, -0.2) is 41.9 Å². The Bertz CT molecular complexity index is 805. The topological polar surface area (TPSA) is 58.9 Å². The van der Waals surface area contributed by atoms with Crippen LogP contribution in [0.5, 0.6) is 11.5 Å². The van der Waals surface area contributed by atoms with Gasteiger partial charge in [0.05, 0.1) is 24.6 Å². The molecule has 0 aromatic heterocycles. The number of hydrogen-bond acceptors (Lipinski definition) is 5. The van der Waals surface area contributed by atoms with E-state index in [0.717, 1.165) is 23.3 Å². The fraction of sp³-hybridized carbons (Fsp3) is 0.500. The van der Waals surface area contributed by atoms with Crippen LogP contribution in [0.25, 0.3) is 0 Å². The number of phenols is 1. The summed E-state index contributed by atoms with van der Waals surface area (Å²) >= 11 is 1.72. The Morgan fingerprint density at radius 1 is 1.17 bits per heavy atom. The SMILES string of the molecule is CCOc1ccc(Cc2cc(C3SC(COC)C(O)CC3C)c(O)cc2C)cc1. The van der Waals surface area contributed by atoms with Gasteiger partial charge >= 0.3 is 0 Å². The lowest BCUT2D eigenvalue weighted by Gasteiger charge is -2.37. The second kappa shape index (κ2) is 9.88. The number of ether oxygens (including phenoxy) is 2. The van der Waals surface area contributed by atoms with Crippen molar-refractivity contribution >= 4 is 11.8 Å². The maximum atomic E-state index is 10.7. The van der Waals surface area contributed by atoms with Gasteiger partial charge in [-0.15, -0.1) is 11.8 Å². The van der Waals surface area contributed by atoms with E-state index in [0.29, 0.717) is 25.4 Å². The zero-order chi connectivity index (χ0) is 21.0. The van der Waals surface area contributed by atoms with Gasteiger partial charge in [-0.25, -0.2) is 0 Å². The second-order valence-corrected chi connectivity index (χ2v) is 9.31. The highest BCUT2D eigenvalue weighted by Crippen LogP contribution is 2.49. The van der Waals surface area contributed by atoms with E-state index in [4.69, 9.17) is 9.47 Å². The van der Waals surface area contributed by atoms with Crippen LogP contribution in [0, 0.1) is 12.8 Å². The van der Waals surface area contributed by atoms with Crippen molar-refractivity contribution in [2.75, 3.05) is 20.3 Å². The summed E-state index contributed by atoms with van der Waals surface area (Å²) in [4.78, 5) is 0. The van der Waals surface area contributed by atoms with Crippen LogP contribution >= 0.6 is 11.8 Å². The zero-order valence-corrected chi connectivity index (χ0v) is 18.5. The van der Waals surface area contributed by atoms with Crippen LogP contribution in [0.2, 0.25) is 0 Å². The molecule has 0 amide bonds. The Balaban J connectivity index is 1.85. The van der Waals surface area contributed by atoms with E-state index >= 15 is 0 Å². The summed E-state index contributed by atoms with van der Waals surface area (Å²) < 4.78 is 10.8. The van der Waals surface area contributed by atoms with Crippen LogP contribution < -0.4 is 4.74 Å². The first-order valence-corrected chi connectivity index (χ1v) is 11.2. The van der Waals surface area contributed by atoms with Crippen LogP contribution in [0.1, 0.15) is 47.8 Å². The molecule has 0 saturated carbocycles. The molecule has 1 heterocycles. The zero-order valence-electron chi connectivity index (χ0n) is 17.7. The Hall–Kier alpha value is -1.69. The molecule has 4 unspecified atom stereocenters. The monoisotopic (exact) mass is 416 g/mol. The maximum absolute atomic E-state index is 10.7. The minimum atomic E-state index is -0.373. The highest BCUT2D eigenvalue weighted by molar-refractivity contribution is 8.00. The summed E-state index contributed by atoms with van der Waals surface area (Å²) in [5.74, 6) is 1.50. The molecular weight excluding hydrogens is 384 g/mol. The Labute approximate surface area is 178 Å². The van der Waals surface area contributed by atoms with E-state index in [2.05, 4.69) is 25.1 Å². The fourth-order valence-electron chi connectivity index (χ4n) is 4.03. The minimum Gasteiger partial charge on any atom is -0.508 e. The Kier molecular flexibility index (Phi) is 7.49. The van der Waals surface area contributed by atoms with E-state index in [-0.39, 0.29) is 22.5 Å². The molecule has 158 valence electrons. The van der Waals surface area contributed by atoms with Crippen molar-refractivity contribution in [2.24, 2.45) is 5.92 Å². The highest BCUT2D eigenvalue weighted by Gasteiger charge is 2.36.